The predicted octanol–water partition coefficient (Wildman–Crippen LogP) is 0.206. The zero-order chi connectivity index (χ0) is 15.4. The lowest BCUT2D eigenvalue weighted by molar-refractivity contribution is -0.122. The molecule has 2 saturated heterocycles. The van der Waals surface area contributed by atoms with Gasteiger partial charge in [-0.15, -0.1) is 0 Å². The molecule has 1 aromatic rings. The number of aromatic nitrogens is 2. The van der Waals surface area contributed by atoms with E-state index in [2.05, 4.69) is 21.0 Å². The van der Waals surface area contributed by atoms with Crippen LogP contribution in [-0.4, -0.2) is 47.3 Å². The quantitative estimate of drug-likeness (QED) is 0.745. The second-order valence-electron chi connectivity index (χ2n) is 5.99. The van der Waals surface area contributed by atoms with Crippen molar-refractivity contribution in [3.8, 4) is 0 Å². The van der Waals surface area contributed by atoms with Gasteiger partial charge >= 0.3 is 0 Å². The molecule has 0 saturated carbocycles. The van der Waals surface area contributed by atoms with Crippen LogP contribution in [0.1, 0.15) is 48.6 Å². The second kappa shape index (κ2) is 6.91. The standard InChI is InChI=1S/C15H23N5O2/c21-14-12(5-1-2-8-17-14)18-15(22)13-6-9-20(19-13)11-4-3-7-16-10-11/h6,9,11-12,16H,1-5,7-8,10H2,(H,17,21)(H,18,22)/t11-,12+/m1/s1. The van der Waals surface area contributed by atoms with Gasteiger partial charge in [-0.05, 0) is 44.7 Å². The molecule has 2 aliphatic rings. The second-order valence-corrected chi connectivity index (χ2v) is 5.99. The summed E-state index contributed by atoms with van der Waals surface area (Å²) in [7, 11) is 0. The Labute approximate surface area is 129 Å². The Bertz CT molecular complexity index is 536. The summed E-state index contributed by atoms with van der Waals surface area (Å²) >= 11 is 0. The lowest BCUT2D eigenvalue weighted by atomic mass is 10.1. The first kappa shape index (κ1) is 15.0. The molecule has 22 heavy (non-hydrogen) atoms. The van der Waals surface area contributed by atoms with Crippen LogP contribution in [0.2, 0.25) is 0 Å². The maximum atomic E-state index is 12.3. The van der Waals surface area contributed by atoms with Crippen LogP contribution in [0.25, 0.3) is 0 Å². The molecule has 7 heteroatoms. The zero-order valence-corrected chi connectivity index (χ0v) is 12.7. The van der Waals surface area contributed by atoms with Crippen molar-refractivity contribution in [2.24, 2.45) is 0 Å². The molecule has 3 N–H and O–H groups in total. The fraction of sp³-hybridized carbons (Fsp3) is 0.667. The van der Waals surface area contributed by atoms with E-state index in [0.717, 1.165) is 38.8 Å². The summed E-state index contributed by atoms with van der Waals surface area (Å²) < 4.78 is 1.86. The molecule has 2 fully saturated rings. The van der Waals surface area contributed by atoms with Gasteiger partial charge in [0, 0.05) is 19.3 Å². The van der Waals surface area contributed by atoms with Crippen LogP contribution in [0.15, 0.2) is 12.3 Å². The van der Waals surface area contributed by atoms with E-state index in [-0.39, 0.29) is 11.8 Å². The molecule has 2 atom stereocenters. The third-order valence-corrected chi connectivity index (χ3v) is 4.33. The molecule has 2 amide bonds. The molecule has 0 aliphatic carbocycles. The highest BCUT2D eigenvalue weighted by Crippen LogP contribution is 2.16. The van der Waals surface area contributed by atoms with Crippen LogP contribution < -0.4 is 16.0 Å². The Hall–Kier alpha value is -1.89. The summed E-state index contributed by atoms with van der Waals surface area (Å²) in [5, 5.41) is 13.3. The maximum absolute atomic E-state index is 12.3. The third kappa shape index (κ3) is 3.47. The van der Waals surface area contributed by atoms with Crippen molar-refractivity contribution < 1.29 is 9.59 Å². The van der Waals surface area contributed by atoms with Crippen molar-refractivity contribution in [1.82, 2.24) is 25.7 Å². The molecule has 3 rings (SSSR count). The van der Waals surface area contributed by atoms with Gasteiger partial charge in [0.2, 0.25) is 5.91 Å². The summed E-state index contributed by atoms with van der Waals surface area (Å²) in [6.45, 7) is 2.62. The number of hydrogen-bond donors (Lipinski definition) is 3. The fourth-order valence-electron chi connectivity index (χ4n) is 3.03. The summed E-state index contributed by atoms with van der Waals surface area (Å²) in [5.41, 5.74) is 0.377. The van der Waals surface area contributed by atoms with E-state index in [9.17, 15) is 9.59 Å². The highest BCUT2D eigenvalue weighted by molar-refractivity contribution is 5.96. The van der Waals surface area contributed by atoms with Crippen molar-refractivity contribution >= 4 is 11.8 Å². The van der Waals surface area contributed by atoms with Gasteiger partial charge in [-0.2, -0.15) is 5.10 Å². The lowest BCUT2D eigenvalue weighted by Gasteiger charge is -2.22. The van der Waals surface area contributed by atoms with E-state index in [4.69, 9.17) is 0 Å². The summed E-state index contributed by atoms with van der Waals surface area (Å²) in [6.07, 6.45) is 6.62. The average molecular weight is 305 g/mol. The number of carbonyl (C=O) groups excluding carboxylic acids is 2. The summed E-state index contributed by atoms with van der Waals surface area (Å²) in [5.74, 6) is -0.369. The minimum absolute atomic E-state index is 0.0956. The number of carbonyl (C=O) groups is 2. The number of piperidine rings is 1. The molecule has 7 nitrogen and oxygen atoms in total. The molecule has 3 heterocycles. The zero-order valence-electron chi connectivity index (χ0n) is 12.7. The fourth-order valence-corrected chi connectivity index (χ4v) is 3.03. The van der Waals surface area contributed by atoms with Crippen molar-refractivity contribution in [1.29, 1.82) is 0 Å². The Balaban J connectivity index is 1.62. The van der Waals surface area contributed by atoms with Crippen LogP contribution >= 0.6 is 0 Å². The minimum Gasteiger partial charge on any atom is -0.354 e. The molecule has 2 aliphatic heterocycles. The molecule has 0 aromatic carbocycles. The monoisotopic (exact) mass is 305 g/mol. The largest absolute Gasteiger partial charge is 0.354 e. The highest BCUT2D eigenvalue weighted by atomic mass is 16.2. The molecule has 0 radical (unpaired) electrons. The van der Waals surface area contributed by atoms with Gasteiger partial charge in [-0.25, -0.2) is 0 Å². The highest BCUT2D eigenvalue weighted by Gasteiger charge is 2.24. The first-order chi connectivity index (χ1) is 10.7. The van der Waals surface area contributed by atoms with Gasteiger partial charge in [-0.1, -0.05) is 0 Å². The topological polar surface area (TPSA) is 88.0 Å². The lowest BCUT2D eigenvalue weighted by Crippen LogP contribution is -2.45. The molecule has 0 spiro atoms. The van der Waals surface area contributed by atoms with Gasteiger partial charge in [-0.3, -0.25) is 14.3 Å². The van der Waals surface area contributed by atoms with E-state index in [0.29, 0.717) is 24.7 Å². The Morgan fingerprint density at radius 2 is 2.18 bits per heavy atom. The Morgan fingerprint density at radius 3 is 3.00 bits per heavy atom. The summed E-state index contributed by atoms with van der Waals surface area (Å²) in [4.78, 5) is 24.2. The predicted molar refractivity (Wildman–Crippen MR) is 81.5 cm³/mol. The number of rotatable bonds is 3. The first-order valence-corrected chi connectivity index (χ1v) is 8.08. The van der Waals surface area contributed by atoms with Crippen LogP contribution in [0.3, 0.4) is 0 Å². The van der Waals surface area contributed by atoms with Crippen molar-refractivity contribution in [2.45, 2.75) is 44.2 Å². The molecular formula is C15H23N5O2. The van der Waals surface area contributed by atoms with Gasteiger partial charge in [0.05, 0.1) is 6.04 Å². The van der Waals surface area contributed by atoms with E-state index in [1.807, 2.05) is 10.9 Å². The Morgan fingerprint density at radius 1 is 1.27 bits per heavy atom. The van der Waals surface area contributed by atoms with Crippen LogP contribution in [0, 0.1) is 0 Å². The maximum Gasteiger partial charge on any atom is 0.272 e. The average Bonchev–Trinajstić information content (AvgIpc) is 2.96. The van der Waals surface area contributed by atoms with Crippen molar-refractivity contribution in [2.75, 3.05) is 19.6 Å². The molecular weight excluding hydrogens is 282 g/mol. The Kier molecular flexibility index (Phi) is 4.72. The number of hydrogen-bond acceptors (Lipinski definition) is 4. The smallest absolute Gasteiger partial charge is 0.272 e. The van der Waals surface area contributed by atoms with Crippen LogP contribution in [0.5, 0.6) is 0 Å². The number of nitrogens with one attached hydrogen (secondary N) is 3. The number of nitrogens with zero attached hydrogens (tertiary/aromatic N) is 2. The number of amides is 2. The van der Waals surface area contributed by atoms with Gasteiger partial charge < -0.3 is 16.0 Å². The van der Waals surface area contributed by atoms with Gasteiger partial charge in [0.25, 0.3) is 5.91 Å². The molecule has 0 bridgehead atoms. The summed E-state index contributed by atoms with van der Waals surface area (Å²) in [6, 6.07) is 1.58. The first-order valence-electron chi connectivity index (χ1n) is 8.08. The minimum atomic E-state index is -0.448. The third-order valence-electron chi connectivity index (χ3n) is 4.33. The van der Waals surface area contributed by atoms with Gasteiger partial charge in [0.1, 0.15) is 11.7 Å². The van der Waals surface area contributed by atoms with E-state index >= 15 is 0 Å². The van der Waals surface area contributed by atoms with Crippen LogP contribution in [0.4, 0.5) is 0 Å². The van der Waals surface area contributed by atoms with E-state index in [1.54, 1.807) is 6.07 Å². The SMILES string of the molecule is O=C(N[C@H]1CCCCNC1=O)c1ccn([C@@H]2CCCNC2)n1. The molecule has 0 unspecified atom stereocenters. The van der Waals surface area contributed by atoms with Crippen molar-refractivity contribution in [3.63, 3.8) is 0 Å². The van der Waals surface area contributed by atoms with E-state index < -0.39 is 6.04 Å². The molecule has 120 valence electrons. The van der Waals surface area contributed by atoms with Crippen molar-refractivity contribution in [3.05, 3.63) is 18.0 Å². The molecule has 1 aromatic heterocycles. The normalized spacial score (nSPS) is 26.1. The van der Waals surface area contributed by atoms with Crippen LogP contribution in [-0.2, 0) is 4.79 Å². The van der Waals surface area contributed by atoms with E-state index in [1.165, 1.54) is 0 Å². The van der Waals surface area contributed by atoms with Gasteiger partial charge in [0.15, 0.2) is 0 Å².